The van der Waals surface area contributed by atoms with Crippen LogP contribution < -0.4 is 4.74 Å². The van der Waals surface area contributed by atoms with Crippen LogP contribution in [0.5, 0.6) is 11.6 Å². The van der Waals surface area contributed by atoms with Crippen molar-refractivity contribution in [2.24, 2.45) is 7.05 Å². The Bertz CT molecular complexity index is 706. The number of aliphatic hydroxyl groups excluding tert-OH is 1. The second-order valence-electron chi connectivity index (χ2n) is 4.09. The number of aromatic nitrogens is 4. The molecule has 1 aromatic carbocycles. The molecule has 0 radical (unpaired) electrons. The molecule has 2 heterocycles. The highest BCUT2D eigenvalue weighted by Gasteiger charge is 2.09. The molecule has 0 fully saturated rings. The molecule has 6 heteroatoms. The van der Waals surface area contributed by atoms with Crippen LogP contribution in [0.2, 0.25) is 0 Å². The van der Waals surface area contributed by atoms with Crippen LogP contribution in [0.3, 0.4) is 0 Å². The maximum absolute atomic E-state index is 8.99. The zero-order chi connectivity index (χ0) is 13.2. The molecule has 0 saturated carbocycles. The Hall–Kier alpha value is -2.47. The van der Waals surface area contributed by atoms with E-state index in [9.17, 15) is 0 Å². The Morgan fingerprint density at radius 1 is 1.21 bits per heavy atom. The van der Waals surface area contributed by atoms with Crippen molar-refractivity contribution in [3.05, 3.63) is 42.4 Å². The summed E-state index contributed by atoms with van der Waals surface area (Å²) in [5.41, 5.74) is 1.55. The van der Waals surface area contributed by atoms with Gasteiger partial charge in [-0.25, -0.2) is 9.97 Å². The van der Waals surface area contributed by atoms with Gasteiger partial charge in [-0.1, -0.05) is 12.1 Å². The fraction of sp³-hybridized carbons (Fsp3) is 0.154. The molecule has 0 spiro atoms. The standard InChI is InChI=1S/C13H12N4O2/c1-17-12-11(6-16-17)13(15-8-14-12)19-10-4-2-9(7-18)3-5-10/h2-6,8,18H,7H2,1H3. The predicted molar refractivity (Wildman–Crippen MR) is 68.7 cm³/mol. The van der Waals surface area contributed by atoms with E-state index in [1.54, 1.807) is 35.1 Å². The summed E-state index contributed by atoms with van der Waals surface area (Å²) in [6, 6.07) is 7.18. The molecule has 3 rings (SSSR count). The fourth-order valence-electron chi connectivity index (χ4n) is 1.80. The Kier molecular flexibility index (Phi) is 2.85. The Balaban J connectivity index is 1.96. The van der Waals surface area contributed by atoms with Crippen molar-refractivity contribution in [1.29, 1.82) is 0 Å². The zero-order valence-corrected chi connectivity index (χ0v) is 10.3. The number of fused-ring (bicyclic) bond motifs is 1. The Morgan fingerprint density at radius 2 is 2.00 bits per heavy atom. The lowest BCUT2D eigenvalue weighted by Gasteiger charge is -2.05. The molecule has 19 heavy (non-hydrogen) atoms. The van der Waals surface area contributed by atoms with Crippen LogP contribution in [0, 0.1) is 0 Å². The van der Waals surface area contributed by atoms with Crippen LogP contribution in [0.1, 0.15) is 5.56 Å². The van der Waals surface area contributed by atoms with E-state index in [2.05, 4.69) is 15.1 Å². The minimum Gasteiger partial charge on any atom is -0.438 e. The van der Waals surface area contributed by atoms with Gasteiger partial charge in [0, 0.05) is 7.05 Å². The van der Waals surface area contributed by atoms with Crippen molar-refractivity contribution in [3.8, 4) is 11.6 Å². The number of benzene rings is 1. The maximum Gasteiger partial charge on any atom is 0.233 e. The summed E-state index contributed by atoms with van der Waals surface area (Å²) in [5, 5.41) is 13.9. The monoisotopic (exact) mass is 256 g/mol. The lowest BCUT2D eigenvalue weighted by atomic mass is 10.2. The average Bonchev–Trinajstić information content (AvgIpc) is 2.83. The van der Waals surface area contributed by atoms with E-state index in [0.717, 1.165) is 16.6 Å². The third kappa shape index (κ3) is 2.13. The highest BCUT2D eigenvalue weighted by molar-refractivity contribution is 5.79. The van der Waals surface area contributed by atoms with Crippen LogP contribution in [0.15, 0.2) is 36.8 Å². The van der Waals surface area contributed by atoms with Gasteiger partial charge in [-0.2, -0.15) is 5.10 Å². The molecule has 2 aromatic heterocycles. The van der Waals surface area contributed by atoms with Crippen LogP contribution in [-0.2, 0) is 13.7 Å². The number of hydrogen-bond acceptors (Lipinski definition) is 5. The number of aliphatic hydroxyl groups is 1. The van der Waals surface area contributed by atoms with Crippen molar-refractivity contribution in [2.75, 3.05) is 0 Å². The lowest BCUT2D eigenvalue weighted by molar-refractivity contribution is 0.281. The van der Waals surface area contributed by atoms with Gasteiger partial charge in [-0.3, -0.25) is 4.68 Å². The van der Waals surface area contributed by atoms with E-state index in [1.165, 1.54) is 6.33 Å². The van der Waals surface area contributed by atoms with Crippen LogP contribution >= 0.6 is 0 Å². The third-order valence-electron chi connectivity index (χ3n) is 2.81. The first kappa shape index (κ1) is 11.6. The number of nitrogens with zero attached hydrogens (tertiary/aromatic N) is 4. The Labute approximate surface area is 109 Å². The molecule has 96 valence electrons. The molecule has 0 atom stereocenters. The third-order valence-corrected chi connectivity index (χ3v) is 2.81. The molecule has 0 amide bonds. The summed E-state index contributed by atoms with van der Waals surface area (Å²) in [4.78, 5) is 8.27. The molecule has 0 saturated heterocycles. The lowest BCUT2D eigenvalue weighted by Crippen LogP contribution is -1.94. The molecule has 0 bridgehead atoms. The quantitative estimate of drug-likeness (QED) is 0.771. The summed E-state index contributed by atoms with van der Waals surface area (Å²) < 4.78 is 7.38. The second kappa shape index (κ2) is 4.66. The van der Waals surface area contributed by atoms with Crippen molar-refractivity contribution in [1.82, 2.24) is 19.7 Å². The fourth-order valence-corrected chi connectivity index (χ4v) is 1.80. The molecule has 0 aliphatic rings. The molecule has 3 aromatic rings. The van der Waals surface area contributed by atoms with Crippen LogP contribution in [-0.4, -0.2) is 24.9 Å². The first-order valence-electron chi connectivity index (χ1n) is 5.78. The van der Waals surface area contributed by atoms with E-state index < -0.39 is 0 Å². The number of hydrogen-bond donors (Lipinski definition) is 1. The Morgan fingerprint density at radius 3 is 2.74 bits per heavy atom. The van der Waals surface area contributed by atoms with E-state index >= 15 is 0 Å². The molecule has 0 unspecified atom stereocenters. The number of aryl methyl sites for hydroxylation is 1. The average molecular weight is 256 g/mol. The summed E-state index contributed by atoms with van der Waals surface area (Å²) in [6.07, 6.45) is 3.12. The minimum atomic E-state index is 0.0145. The highest BCUT2D eigenvalue weighted by Crippen LogP contribution is 2.26. The smallest absolute Gasteiger partial charge is 0.233 e. The SMILES string of the molecule is Cn1ncc2c(Oc3ccc(CO)cc3)ncnc21. The summed E-state index contributed by atoms with van der Waals surface area (Å²) >= 11 is 0. The van der Waals surface area contributed by atoms with Gasteiger partial charge >= 0.3 is 0 Å². The van der Waals surface area contributed by atoms with Gasteiger partial charge < -0.3 is 9.84 Å². The normalized spacial score (nSPS) is 10.8. The zero-order valence-electron chi connectivity index (χ0n) is 10.3. The number of rotatable bonds is 3. The van der Waals surface area contributed by atoms with Crippen molar-refractivity contribution in [3.63, 3.8) is 0 Å². The molecule has 6 nitrogen and oxygen atoms in total. The molecule has 0 aliphatic heterocycles. The van der Waals surface area contributed by atoms with Gasteiger partial charge in [0.1, 0.15) is 17.5 Å². The van der Waals surface area contributed by atoms with Gasteiger partial charge in [0.05, 0.1) is 12.8 Å². The predicted octanol–water partition coefficient (Wildman–Crippen LogP) is 1.65. The minimum absolute atomic E-state index is 0.0145. The molecule has 0 aliphatic carbocycles. The van der Waals surface area contributed by atoms with Gasteiger partial charge in [0.2, 0.25) is 5.88 Å². The maximum atomic E-state index is 8.99. The van der Waals surface area contributed by atoms with Gasteiger partial charge in [-0.15, -0.1) is 0 Å². The van der Waals surface area contributed by atoms with Gasteiger partial charge in [-0.05, 0) is 17.7 Å². The summed E-state index contributed by atoms with van der Waals surface area (Å²) in [6.45, 7) is 0.0145. The highest BCUT2D eigenvalue weighted by atomic mass is 16.5. The van der Waals surface area contributed by atoms with Crippen molar-refractivity contribution in [2.45, 2.75) is 6.61 Å². The van der Waals surface area contributed by atoms with E-state index in [1.807, 2.05) is 7.05 Å². The van der Waals surface area contributed by atoms with Crippen molar-refractivity contribution >= 4 is 11.0 Å². The van der Waals surface area contributed by atoms with E-state index in [0.29, 0.717) is 11.6 Å². The van der Waals surface area contributed by atoms with Gasteiger partial charge in [0.25, 0.3) is 0 Å². The molecular formula is C13H12N4O2. The number of ether oxygens (including phenoxy) is 1. The first-order valence-corrected chi connectivity index (χ1v) is 5.78. The van der Waals surface area contributed by atoms with E-state index in [4.69, 9.17) is 9.84 Å². The van der Waals surface area contributed by atoms with Crippen LogP contribution in [0.4, 0.5) is 0 Å². The van der Waals surface area contributed by atoms with E-state index in [-0.39, 0.29) is 6.61 Å². The summed E-state index contributed by atoms with van der Waals surface area (Å²) in [7, 11) is 1.81. The molecule has 1 N–H and O–H groups in total. The largest absolute Gasteiger partial charge is 0.438 e. The second-order valence-corrected chi connectivity index (χ2v) is 4.09. The summed E-state index contributed by atoms with van der Waals surface area (Å²) in [5.74, 6) is 1.12. The van der Waals surface area contributed by atoms with Gasteiger partial charge in [0.15, 0.2) is 5.65 Å². The first-order chi connectivity index (χ1) is 9.28. The van der Waals surface area contributed by atoms with Crippen LogP contribution in [0.25, 0.3) is 11.0 Å². The topological polar surface area (TPSA) is 73.1 Å². The molecular weight excluding hydrogens is 244 g/mol. The van der Waals surface area contributed by atoms with Crippen molar-refractivity contribution < 1.29 is 9.84 Å².